The molecular formula is C11H18. The van der Waals surface area contributed by atoms with Gasteiger partial charge in [-0.25, -0.2) is 0 Å². The summed E-state index contributed by atoms with van der Waals surface area (Å²) in [6.45, 7) is 6.46. The summed E-state index contributed by atoms with van der Waals surface area (Å²) in [6.07, 6.45) is 6.58. The van der Waals surface area contributed by atoms with Gasteiger partial charge in [0.25, 0.3) is 0 Å². The third-order valence-electron chi connectivity index (χ3n) is 1.46. The summed E-state index contributed by atoms with van der Waals surface area (Å²) >= 11 is 0. The van der Waals surface area contributed by atoms with Crippen LogP contribution in [0.25, 0.3) is 0 Å². The molecule has 0 saturated heterocycles. The normalized spacial score (nSPS) is 10.6. The van der Waals surface area contributed by atoms with Crippen molar-refractivity contribution in [2.24, 2.45) is 0 Å². The molecule has 0 aromatic carbocycles. The molecule has 0 atom stereocenters. The average molecular weight is 150 g/mol. The van der Waals surface area contributed by atoms with E-state index in [-0.39, 0.29) is 0 Å². The zero-order valence-corrected chi connectivity index (χ0v) is 7.91. The molecule has 0 aliphatic rings. The smallest absolute Gasteiger partial charge is 0.00897 e. The van der Waals surface area contributed by atoms with E-state index < -0.39 is 0 Å². The van der Waals surface area contributed by atoms with E-state index in [9.17, 15) is 0 Å². The molecule has 0 nitrogen and oxygen atoms in total. The molecule has 0 aromatic rings. The van der Waals surface area contributed by atoms with Gasteiger partial charge in [0, 0.05) is 6.42 Å². The van der Waals surface area contributed by atoms with Gasteiger partial charge in [-0.1, -0.05) is 38.7 Å². The molecule has 0 aromatic heterocycles. The second-order valence-corrected chi connectivity index (χ2v) is 2.54. The second-order valence-electron chi connectivity index (χ2n) is 2.54. The SMILES string of the molecule is CC/C=C(/C#CCCC)CC. The van der Waals surface area contributed by atoms with E-state index in [1.54, 1.807) is 0 Å². The van der Waals surface area contributed by atoms with Crippen LogP contribution in [0.15, 0.2) is 11.6 Å². The molecule has 0 rings (SSSR count). The van der Waals surface area contributed by atoms with Crippen molar-refractivity contribution < 1.29 is 0 Å². The molecule has 0 aliphatic heterocycles. The van der Waals surface area contributed by atoms with Crippen molar-refractivity contribution in [3.63, 3.8) is 0 Å². The van der Waals surface area contributed by atoms with Crippen LogP contribution >= 0.6 is 0 Å². The zero-order chi connectivity index (χ0) is 8.53. The minimum absolute atomic E-state index is 1.03. The first-order chi connectivity index (χ1) is 5.35. The van der Waals surface area contributed by atoms with Crippen LogP contribution in [0, 0.1) is 11.8 Å². The maximum absolute atomic E-state index is 3.18. The van der Waals surface area contributed by atoms with Crippen LogP contribution in [0.3, 0.4) is 0 Å². The maximum atomic E-state index is 3.18. The first kappa shape index (κ1) is 10.3. The quantitative estimate of drug-likeness (QED) is 0.540. The third kappa shape index (κ3) is 5.73. The van der Waals surface area contributed by atoms with E-state index in [1.165, 1.54) is 5.57 Å². The van der Waals surface area contributed by atoms with Crippen molar-refractivity contribution in [3.8, 4) is 11.8 Å². The molecule has 0 unspecified atom stereocenters. The van der Waals surface area contributed by atoms with Gasteiger partial charge < -0.3 is 0 Å². The van der Waals surface area contributed by atoms with Crippen molar-refractivity contribution in [3.05, 3.63) is 11.6 Å². The lowest BCUT2D eigenvalue weighted by atomic mass is 10.1. The zero-order valence-electron chi connectivity index (χ0n) is 7.91. The van der Waals surface area contributed by atoms with Crippen LogP contribution in [0.1, 0.15) is 46.5 Å². The molecule has 0 radical (unpaired) electrons. The Hall–Kier alpha value is -0.700. The van der Waals surface area contributed by atoms with Gasteiger partial charge in [-0.05, 0) is 24.8 Å². The third-order valence-corrected chi connectivity index (χ3v) is 1.46. The molecule has 0 amide bonds. The Morgan fingerprint density at radius 2 is 2.00 bits per heavy atom. The Morgan fingerprint density at radius 1 is 1.27 bits per heavy atom. The van der Waals surface area contributed by atoms with Gasteiger partial charge in [0.05, 0.1) is 0 Å². The second kappa shape index (κ2) is 7.41. The Kier molecular flexibility index (Phi) is 6.94. The Morgan fingerprint density at radius 3 is 2.45 bits per heavy atom. The molecule has 0 heteroatoms. The lowest BCUT2D eigenvalue weighted by molar-refractivity contribution is 0.982. The highest BCUT2D eigenvalue weighted by atomic mass is 13.9. The van der Waals surface area contributed by atoms with E-state index in [2.05, 4.69) is 38.7 Å². The van der Waals surface area contributed by atoms with Crippen molar-refractivity contribution in [2.45, 2.75) is 46.5 Å². The number of rotatable bonds is 3. The van der Waals surface area contributed by atoms with Crippen LogP contribution in [-0.2, 0) is 0 Å². The van der Waals surface area contributed by atoms with Gasteiger partial charge in [-0.2, -0.15) is 0 Å². The predicted molar refractivity (Wildman–Crippen MR) is 51.3 cm³/mol. The highest BCUT2D eigenvalue weighted by molar-refractivity contribution is 5.27. The monoisotopic (exact) mass is 150 g/mol. The topological polar surface area (TPSA) is 0 Å². The van der Waals surface area contributed by atoms with Gasteiger partial charge >= 0.3 is 0 Å². The van der Waals surface area contributed by atoms with Crippen LogP contribution < -0.4 is 0 Å². The molecule has 62 valence electrons. The summed E-state index contributed by atoms with van der Waals surface area (Å²) in [4.78, 5) is 0. The van der Waals surface area contributed by atoms with E-state index >= 15 is 0 Å². The van der Waals surface area contributed by atoms with Gasteiger partial charge in [0.2, 0.25) is 0 Å². The fourth-order valence-electron chi connectivity index (χ4n) is 0.831. The van der Waals surface area contributed by atoms with Crippen molar-refractivity contribution in [2.75, 3.05) is 0 Å². The van der Waals surface area contributed by atoms with Crippen LogP contribution in [0.4, 0.5) is 0 Å². The van der Waals surface area contributed by atoms with E-state index in [1.807, 2.05) is 0 Å². The van der Waals surface area contributed by atoms with Gasteiger partial charge in [-0.3, -0.25) is 0 Å². The molecule has 0 fully saturated rings. The van der Waals surface area contributed by atoms with Gasteiger partial charge in [-0.15, -0.1) is 0 Å². The molecule has 0 spiro atoms. The largest absolute Gasteiger partial charge is 0.0983 e. The standard InChI is InChI=1S/C11H18/c1-4-7-8-10-11(6-3)9-5-2/h9H,4-7H2,1-3H3/b11-9+. The first-order valence-electron chi connectivity index (χ1n) is 4.53. The Bertz CT molecular complexity index is 164. The summed E-state index contributed by atoms with van der Waals surface area (Å²) in [5.41, 5.74) is 1.29. The summed E-state index contributed by atoms with van der Waals surface area (Å²) in [6, 6.07) is 0. The lowest BCUT2D eigenvalue weighted by Gasteiger charge is -1.90. The molecule has 11 heavy (non-hydrogen) atoms. The van der Waals surface area contributed by atoms with Crippen LogP contribution in [-0.4, -0.2) is 0 Å². The van der Waals surface area contributed by atoms with Gasteiger partial charge in [0.1, 0.15) is 0 Å². The molecule has 0 bridgehead atoms. The minimum Gasteiger partial charge on any atom is -0.0983 e. The number of hydrogen-bond donors (Lipinski definition) is 0. The van der Waals surface area contributed by atoms with Crippen molar-refractivity contribution in [1.29, 1.82) is 0 Å². The highest BCUT2D eigenvalue weighted by Crippen LogP contribution is 1.99. The van der Waals surface area contributed by atoms with E-state index in [0.717, 1.165) is 25.7 Å². The lowest BCUT2D eigenvalue weighted by Crippen LogP contribution is -1.74. The van der Waals surface area contributed by atoms with E-state index in [0.29, 0.717) is 0 Å². The van der Waals surface area contributed by atoms with E-state index in [4.69, 9.17) is 0 Å². The summed E-state index contributed by atoms with van der Waals surface area (Å²) in [5, 5.41) is 0. The maximum Gasteiger partial charge on any atom is 0.00897 e. The van der Waals surface area contributed by atoms with Crippen LogP contribution in [0.5, 0.6) is 0 Å². The van der Waals surface area contributed by atoms with Crippen molar-refractivity contribution in [1.82, 2.24) is 0 Å². The summed E-state index contributed by atoms with van der Waals surface area (Å²) in [7, 11) is 0. The predicted octanol–water partition coefficient (Wildman–Crippen LogP) is 3.54. The summed E-state index contributed by atoms with van der Waals surface area (Å²) in [5.74, 6) is 6.33. The Labute approximate surface area is 70.7 Å². The minimum atomic E-state index is 1.03. The molecule has 0 saturated carbocycles. The van der Waals surface area contributed by atoms with Gasteiger partial charge in [0.15, 0.2) is 0 Å². The molecule has 0 aliphatic carbocycles. The molecular weight excluding hydrogens is 132 g/mol. The number of unbranched alkanes of at least 4 members (excludes halogenated alkanes) is 1. The van der Waals surface area contributed by atoms with Crippen LogP contribution in [0.2, 0.25) is 0 Å². The fraction of sp³-hybridized carbons (Fsp3) is 0.636. The summed E-state index contributed by atoms with van der Waals surface area (Å²) < 4.78 is 0. The van der Waals surface area contributed by atoms with Crippen molar-refractivity contribution >= 4 is 0 Å². The fourth-order valence-corrected chi connectivity index (χ4v) is 0.831. The first-order valence-corrected chi connectivity index (χ1v) is 4.53. The highest BCUT2D eigenvalue weighted by Gasteiger charge is 1.83. The number of allylic oxidation sites excluding steroid dienone is 2. The molecule has 0 N–H and O–H groups in total. The number of hydrogen-bond acceptors (Lipinski definition) is 0. The molecule has 0 heterocycles. The average Bonchev–Trinajstić information content (AvgIpc) is 2.03. The Balaban J connectivity index is 3.89.